The van der Waals surface area contributed by atoms with E-state index in [0.717, 1.165) is 0 Å². The van der Waals surface area contributed by atoms with Crippen LogP contribution in [-0.4, -0.2) is 14.3 Å². The number of carbonyl (C=O) groups excluding carboxylic acids is 1. The minimum atomic E-state index is -3.80. The molecule has 3 aromatic rings. The van der Waals surface area contributed by atoms with Crippen LogP contribution < -0.4 is 10.0 Å². The van der Waals surface area contributed by atoms with Crippen molar-refractivity contribution in [3.63, 3.8) is 0 Å². The van der Waals surface area contributed by atoms with Crippen LogP contribution in [0.2, 0.25) is 0 Å². The maximum atomic E-state index is 13.2. The van der Waals surface area contributed by atoms with E-state index < -0.39 is 21.7 Å². The fraction of sp³-hybridized carbons (Fsp3) is 0. The monoisotopic (exact) mass is 376 g/mol. The average molecular weight is 376 g/mol. The molecule has 3 rings (SSSR count). The number of nitrogens with one attached hydrogen (secondary N) is 2. The minimum Gasteiger partial charge on any atom is -0.322 e. The molecule has 1 amide bonds. The van der Waals surface area contributed by atoms with Crippen LogP contribution in [0.3, 0.4) is 0 Å². The highest BCUT2D eigenvalue weighted by molar-refractivity contribution is 7.92. The summed E-state index contributed by atoms with van der Waals surface area (Å²) in [5.41, 5.74) is 0.615. The second-order valence-electron chi connectivity index (χ2n) is 5.08. The van der Waals surface area contributed by atoms with E-state index in [-0.39, 0.29) is 21.8 Å². The highest BCUT2D eigenvalue weighted by Gasteiger charge is 2.19. The van der Waals surface area contributed by atoms with Crippen molar-refractivity contribution in [2.45, 2.75) is 4.90 Å². The van der Waals surface area contributed by atoms with Crippen LogP contribution in [0.25, 0.3) is 0 Å². The summed E-state index contributed by atoms with van der Waals surface area (Å²) in [7, 11) is -3.80. The zero-order valence-corrected chi connectivity index (χ0v) is 14.4. The molecule has 0 bridgehead atoms. The van der Waals surface area contributed by atoms with E-state index in [0.29, 0.717) is 0 Å². The molecule has 1 heterocycles. The Hall–Kier alpha value is -2.71. The predicted octanol–water partition coefficient (Wildman–Crippen LogP) is 3.94. The molecule has 0 atom stereocenters. The highest BCUT2D eigenvalue weighted by atomic mass is 32.2. The Balaban J connectivity index is 1.82. The molecule has 0 saturated carbocycles. The summed E-state index contributed by atoms with van der Waals surface area (Å²) in [6, 6.07) is 13.3. The Kier molecular flexibility index (Phi) is 4.82. The number of thiophene rings is 1. The van der Waals surface area contributed by atoms with Crippen LogP contribution in [0.4, 0.5) is 15.8 Å². The Morgan fingerprint density at radius 1 is 1.00 bits per heavy atom. The van der Waals surface area contributed by atoms with Gasteiger partial charge < -0.3 is 5.32 Å². The van der Waals surface area contributed by atoms with Gasteiger partial charge in [0.15, 0.2) is 0 Å². The van der Waals surface area contributed by atoms with Gasteiger partial charge in [-0.2, -0.15) is 0 Å². The first-order chi connectivity index (χ1) is 12.0. The van der Waals surface area contributed by atoms with Crippen LogP contribution >= 0.6 is 11.3 Å². The van der Waals surface area contributed by atoms with Crippen molar-refractivity contribution in [1.82, 2.24) is 0 Å². The first kappa shape index (κ1) is 17.1. The van der Waals surface area contributed by atoms with Crippen molar-refractivity contribution in [2.24, 2.45) is 0 Å². The van der Waals surface area contributed by atoms with Crippen LogP contribution in [-0.2, 0) is 10.0 Å². The summed E-state index contributed by atoms with van der Waals surface area (Å²) in [4.78, 5) is 12.5. The molecule has 0 aliphatic rings. The highest BCUT2D eigenvalue weighted by Crippen LogP contribution is 2.25. The Bertz CT molecular complexity index is 1000. The molecule has 0 unspecified atom stereocenters. The Morgan fingerprint density at radius 2 is 1.76 bits per heavy atom. The summed E-state index contributed by atoms with van der Waals surface area (Å²) >= 11 is 1.18. The standard InChI is InChI=1S/C17H13FN2O3S2/c18-12-5-4-6-13(9-12)19-17(21)15-10-24-11-16(15)20-25(22,23)14-7-2-1-3-8-14/h1-11,20H,(H,19,21). The number of rotatable bonds is 5. The Labute approximate surface area is 148 Å². The van der Waals surface area contributed by atoms with E-state index in [9.17, 15) is 17.6 Å². The molecule has 128 valence electrons. The smallest absolute Gasteiger partial charge is 0.261 e. The summed E-state index contributed by atoms with van der Waals surface area (Å²) in [6.07, 6.45) is 0. The molecule has 0 radical (unpaired) electrons. The van der Waals surface area contributed by atoms with Crippen molar-refractivity contribution in [2.75, 3.05) is 10.0 Å². The number of hydrogen-bond donors (Lipinski definition) is 2. The second kappa shape index (κ2) is 7.04. The van der Waals surface area contributed by atoms with Gasteiger partial charge in [0.25, 0.3) is 15.9 Å². The van der Waals surface area contributed by atoms with Crippen molar-refractivity contribution in [1.29, 1.82) is 0 Å². The lowest BCUT2D eigenvalue weighted by molar-refractivity contribution is 0.102. The van der Waals surface area contributed by atoms with Crippen LogP contribution in [0.5, 0.6) is 0 Å². The third-order valence-corrected chi connectivity index (χ3v) is 5.41. The van der Waals surface area contributed by atoms with Gasteiger partial charge >= 0.3 is 0 Å². The summed E-state index contributed by atoms with van der Waals surface area (Å²) in [6.45, 7) is 0. The number of benzene rings is 2. The normalized spacial score (nSPS) is 11.1. The van der Waals surface area contributed by atoms with Gasteiger partial charge in [-0.1, -0.05) is 24.3 Å². The molecule has 25 heavy (non-hydrogen) atoms. The molecule has 0 aliphatic heterocycles. The van der Waals surface area contributed by atoms with E-state index in [4.69, 9.17) is 0 Å². The molecule has 8 heteroatoms. The van der Waals surface area contributed by atoms with Gasteiger partial charge in [0, 0.05) is 16.4 Å². The summed E-state index contributed by atoms with van der Waals surface area (Å²) in [5.74, 6) is -1.01. The van der Waals surface area contributed by atoms with Gasteiger partial charge in [-0.05, 0) is 30.3 Å². The largest absolute Gasteiger partial charge is 0.322 e. The van der Waals surface area contributed by atoms with Gasteiger partial charge in [-0.15, -0.1) is 11.3 Å². The Morgan fingerprint density at radius 3 is 2.48 bits per heavy atom. The molecule has 0 aliphatic carbocycles. The number of anilines is 2. The number of halogens is 1. The van der Waals surface area contributed by atoms with Gasteiger partial charge in [0.05, 0.1) is 16.1 Å². The zero-order chi connectivity index (χ0) is 17.9. The molecule has 2 aromatic carbocycles. The molecule has 1 aromatic heterocycles. The third kappa shape index (κ3) is 4.04. The van der Waals surface area contributed by atoms with E-state index in [1.165, 1.54) is 52.4 Å². The maximum absolute atomic E-state index is 13.2. The third-order valence-electron chi connectivity index (χ3n) is 3.29. The number of sulfonamides is 1. The zero-order valence-electron chi connectivity index (χ0n) is 12.8. The molecule has 0 spiro atoms. The SMILES string of the molecule is O=C(Nc1cccc(F)c1)c1cscc1NS(=O)(=O)c1ccccc1. The fourth-order valence-corrected chi connectivity index (χ4v) is 4.05. The quantitative estimate of drug-likeness (QED) is 0.708. The van der Waals surface area contributed by atoms with Crippen LogP contribution in [0.1, 0.15) is 10.4 Å². The summed E-state index contributed by atoms with van der Waals surface area (Å²) in [5, 5.41) is 5.60. The van der Waals surface area contributed by atoms with Crippen LogP contribution in [0, 0.1) is 5.82 Å². The average Bonchev–Trinajstić information content (AvgIpc) is 3.03. The lowest BCUT2D eigenvalue weighted by Gasteiger charge is -2.09. The first-order valence-corrected chi connectivity index (χ1v) is 9.59. The van der Waals surface area contributed by atoms with Crippen molar-refractivity contribution < 1.29 is 17.6 Å². The molecule has 0 fully saturated rings. The van der Waals surface area contributed by atoms with Gasteiger partial charge in [0.1, 0.15) is 5.82 Å². The summed E-state index contributed by atoms with van der Waals surface area (Å²) < 4.78 is 40.4. The molecular weight excluding hydrogens is 363 g/mol. The van der Waals surface area contributed by atoms with E-state index in [1.807, 2.05) is 0 Å². The van der Waals surface area contributed by atoms with Gasteiger partial charge in [-0.25, -0.2) is 12.8 Å². The molecular formula is C17H13FN2O3S2. The predicted molar refractivity (Wildman–Crippen MR) is 95.9 cm³/mol. The van der Waals surface area contributed by atoms with Gasteiger partial charge in [-0.3, -0.25) is 9.52 Å². The molecule has 5 nitrogen and oxygen atoms in total. The molecule has 2 N–H and O–H groups in total. The topological polar surface area (TPSA) is 75.3 Å². The fourth-order valence-electron chi connectivity index (χ4n) is 2.12. The van der Waals surface area contributed by atoms with Crippen molar-refractivity contribution >= 4 is 38.6 Å². The molecule has 0 saturated heterocycles. The maximum Gasteiger partial charge on any atom is 0.261 e. The van der Waals surface area contributed by atoms with E-state index >= 15 is 0 Å². The van der Waals surface area contributed by atoms with E-state index in [2.05, 4.69) is 10.0 Å². The van der Waals surface area contributed by atoms with Crippen LogP contribution in [0.15, 0.2) is 70.3 Å². The lowest BCUT2D eigenvalue weighted by Crippen LogP contribution is -2.17. The van der Waals surface area contributed by atoms with Gasteiger partial charge in [0.2, 0.25) is 0 Å². The van der Waals surface area contributed by atoms with Crippen molar-refractivity contribution in [3.05, 3.63) is 76.7 Å². The number of hydrogen-bond acceptors (Lipinski definition) is 4. The number of amides is 1. The minimum absolute atomic E-state index is 0.0951. The number of carbonyl (C=O) groups is 1. The van der Waals surface area contributed by atoms with E-state index in [1.54, 1.807) is 24.3 Å². The lowest BCUT2D eigenvalue weighted by atomic mass is 10.2. The second-order valence-corrected chi connectivity index (χ2v) is 7.51. The van der Waals surface area contributed by atoms with Crippen molar-refractivity contribution in [3.8, 4) is 0 Å². The first-order valence-electron chi connectivity index (χ1n) is 7.17.